The lowest BCUT2D eigenvalue weighted by Crippen LogP contribution is -2.46. The molecule has 52 heavy (non-hydrogen) atoms. The van der Waals surface area contributed by atoms with Crippen LogP contribution < -0.4 is 20.4 Å². The van der Waals surface area contributed by atoms with E-state index in [1.807, 2.05) is 63.2 Å². The number of nitrogens with one attached hydrogen (secondary N) is 2. The fourth-order valence-corrected chi connectivity index (χ4v) is 6.20. The molecule has 0 saturated carbocycles. The van der Waals surface area contributed by atoms with Crippen molar-refractivity contribution in [3.05, 3.63) is 119 Å². The zero-order valence-electron chi connectivity index (χ0n) is 30.3. The van der Waals surface area contributed by atoms with Crippen molar-refractivity contribution in [2.75, 3.05) is 27.5 Å². The number of aromatic nitrogens is 2. The largest absolute Gasteiger partial charge is 0.330 e. The number of hydrogen-bond donors (Lipinski definition) is 2. The molecule has 3 aromatic rings. The number of carbonyl (C=O) groups excluding carboxylic acids is 3. The number of urea groups is 1. The average Bonchev–Trinajstić information content (AvgIpc) is 3.19. The second-order valence-electron chi connectivity index (χ2n) is 13.3. The first kappa shape index (κ1) is 35.8. The van der Waals surface area contributed by atoms with Crippen LogP contribution in [0.25, 0.3) is 0 Å². The molecule has 11 nitrogen and oxygen atoms in total. The van der Waals surface area contributed by atoms with Gasteiger partial charge in [0.05, 0.1) is 17.9 Å². The van der Waals surface area contributed by atoms with Crippen molar-refractivity contribution < 1.29 is 14.4 Å². The van der Waals surface area contributed by atoms with E-state index in [2.05, 4.69) is 32.5 Å². The Morgan fingerprint density at radius 2 is 1.87 bits per heavy atom. The second-order valence-corrected chi connectivity index (χ2v) is 13.3. The maximum absolute atomic E-state index is 13.7. The Labute approximate surface area is 304 Å². The maximum atomic E-state index is 13.7. The van der Waals surface area contributed by atoms with Gasteiger partial charge in [-0.15, -0.1) is 0 Å². The highest BCUT2D eigenvalue weighted by Gasteiger charge is 2.32. The zero-order chi connectivity index (χ0) is 36.8. The summed E-state index contributed by atoms with van der Waals surface area (Å²) in [5.41, 5.74) is 6.77. The quantitative estimate of drug-likeness (QED) is 0.248. The molecule has 0 radical (unpaired) electrons. The van der Waals surface area contributed by atoms with E-state index in [4.69, 9.17) is 4.99 Å². The molecule has 6 rings (SSSR count). The third-order valence-electron chi connectivity index (χ3n) is 9.50. The summed E-state index contributed by atoms with van der Waals surface area (Å²) in [5, 5.41) is 6.23. The number of rotatable bonds is 8. The number of allylic oxidation sites excluding steroid dienone is 5. The van der Waals surface area contributed by atoms with Crippen molar-refractivity contribution in [3.63, 3.8) is 0 Å². The molecule has 3 aliphatic rings. The van der Waals surface area contributed by atoms with Crippen LogP contribution >= 0.6 is 0 Å². The Hall–Kier alpha value is -5.97. The van der Waals surface area contributed by atoms with Crippen molar-refractivity contribution >= 4 is 52.3 Å². The molecule has 1 aromatic heterocycles. The summed E-state index contributed by atoms with van der Waals surface area (Å²) in [6.45, 7) is 8.28. The van der Waals surface area contributed by atoms with Crippen LogP contribution in [0.1, 0.15) is 63.1 Å². The minimum atomic E-state index is -0.497. The first-order valence-electron chi connectivity index (χ1n) is 17.6. The van der Waals surface area contributed by atoms with E-state index in [1.165, 1.54) is 4.90 Å². The Morgan fingerprint density at radius 3 is 2.62 bits per heavy atom. The molecular weight excluding hydrogens is 653 g/mol. The molecular formula is C41H44N8O3. The molecule has 1 unspecified atom stereocenters. The van der Waals surface area contributed by atoms with Crippen LogP contribution in [0.5, 0.6) is 0 Å². The lowest BCUT2D eigenvalue weighted by atomic mass is 9.93. The molecule has 266 valence electrons. The Kier molecular flexibility index (Phi) is 11.0. The van der Waals surface area contributed by atoms with Crippen LogP contribution in [0.3, 0.4) is 0 Å². The number of fused-ring (bicyclic) bond motifs is 1. The summed E-state index contributed by atoms with van der Waals surface area (Å²) >= 11 is 0. The van der Waals surface area contributed by atoms with Crippen molar-refractivity contribution in [1.82, 2.24) is 9.97 Å². The van der Waals surface area contributed by atoms with Gasteiger partial charge in [0.25, 0.3) is 5.91 Å². The van der Waals surface area contributed by atoms with Gasteiger partial charge in [0, 0.05) is 54.1 Å². The lowest BCUT2D eigenvalue weighted by Gasteiger charge is -2.35. The number of hydrogen-bond acceptors (Lipinski definition) is 8. The monoisotopic (exact) mass is 696 g/mol. The van der Waals surface area contributed by atoms with Crippen LogP contribution in [0.15, 0.2) is 113 Å². The number of Topliss-reactive ketones (excluding diaryl/α,β-unsaturated/α-hetero) is 1. The highest BCUT2D eigenvalue weighted by molar-refractivity contribution is 6.11. The van der Waals surface area contributed by atoms with Gasteiger partial charge in [-0.2, -0.15) is 4.98 Å². The third kappa shape index (κ3) is 8.15. The molecule has 3 amide bonds. The standard InChI is InChI=1S/C41H44N8O3/c1-6-26(2)37-36(50)17-11-15-30(14-10-16-34(46-37)29-12-8-7-9-13-29)39(51)44-32-20-18-27(3)35(22-32)49-25-31-23-43-40(47-38(31)48(5)41(49)52)45-33-21-19-28(4)42-24-33/h7-16,18,20,22-24,26,37H,6,17,19,21,25H2,1-5H3,(H,44,51)(H,43,45,47)/b15-11+,16-10+,30-14+,46-34?/t26?,37-/m1/s1. The van der Waals surface area contributed by atoms with E-state index in [0.717, 1.165) is 47.4 Å². The molecule has 0 saturated heterocycles. The van der Waals surface area contributed by atoms with Gasteiger partial charge in [-0.1, -0.05) is 74.9 Å². The number of carbonyl (C=O) groups is 3. The molecule has 11 heteroatoms. The second kappa shape index (κ2) is 15.9. The normalized spacial score (nSPS) is 20.6. The fourth-order valence-electron chi connectivity index (χ4n) is 6.20. The Morgan fingerprint density at radius 1 is 1.06 bits per heavy atom. The van der Waals surface area contributed by atoms with Crippen LogP contribution in [0, 0.1) is 12.8 Å². The van der Waals surface area contributed by atoms with Gasteiger partial charge in [0.15, 0.2) is 5.78 Å². The average molecular weight is 697 g/mol. The zero-order valence-corrected chi connectivity index (χ0v) is 30.3. The highest BCUT2D eigenvalue weighted by atomic mass is 16.2. The van der Waals surface area contributed by atoms with Crippen LogP contribution in [0.2, 0.25) is 0 Å². The molecule has 3 aliphatic heterocycles. The summed E-state index contributed by atoms with van der Waals surface area (Å²) in [6.07, 6.45) is 14.9. The first-order chi connectivity index (χ1) is 25.1. The van der Waals surface area contributed by atoms with Crippen molar-refractivity contribution in [1.29, 1.82) is 0 Å². The summed E-state index contributed by atoms with van der Waals surface area (Å²) in [6, 6.07) is 14.5. The van der Waals surface area contributed by atoms with Gasteiger partial charge >= 0.3 is 6.03 Å². The molecule has 2 N–H and O–H groups in total. The minimum absolute atomic E-state index is 0.000643. The topological polar surface area (TPSA) is 132 Å². The van der Waals surface area contributed by atoms with Crippen molar-refractivity contribution in [2.45, 2.75) is 66.0 Å². The van der Waals surface area contributed by atoms with Gasteiger partial charge in [0.1, 0.15) is 11.9 Å². The third-order valence-corrected chi connectivity index (χ3v) is 9.50. The van der Waals surface area contributed by atoms with E-state index >= 15 is 0 Å². The number of aryl methyl sites for hydroxylation is 1. The van der Waals surface area contributed by atoms with Crippen LogP contribution in [-0.4, -0.2) is 52.2 Å². The molecule has 4 heterocycles. The van der Waals surface area contributed by atoms with Gasteiger partial charge in [-0.25, -0.2) is 9.78 Å². The number of anilines is 4. The van der Waals surface area contributed by atoms with Gasteiger partial charge < -0.3 is 10.6 Å². The minimum Gasteiger partial charge on any atom is -0.326 e. The number of amides is 3. The molecule has 0 aliphatic carbocycles. The van der Waals surface area contributed by atoms with E-state index in [0.29, 0.717) is 34.4 Å². The molecule has 2 atom stereocenters. The summed E-state index contributed by atoms with van der Waals surface area (Å²) in [4.78, 5) is 62.5. The first-order valence-corrected chi connectivity index (χ1v) is 17.6. The fraction of sp³-hybridized carbons (Fsp3) is 0.293. The SMILES string of the molecule is CCC(C)[C@H]1N=C(c2ccccc2)/C=C/C=C(C(=O)Nc2ccc(C)c(N3Cc4cnc(NC5=CN=C(C)CC5)nc4N(C)C3=O)c2)\C=C\CC1=O. The number of aliphatic imine (C=N–C) groups is 2. The smallest absolute Gasteiger partial charge is 0.326 e. The van der Waals surface area contributed by atoms with E-state index < -0.39 is 6.04 Å². The molecule has 0 bridgehead atoms. The Balaban J connectivity index is 1.22. The van der Waals surface area contributed by atoms with E-state index in [1.54, 1.807) is 60.8 Å². The Bertz CT molecular complexity index is 2060. The molecule has 0 spiro atoms. The molecule has 0 fully saturated rings. The van der Waals surface area contributed by atoms with Gasteiger partial charge in [-0.05, 0) is 68.0 Å². The van der Waals surface area contributed by atoms with Crippen LogP contribution in [0.4, 0.5) is 27.9 Å². The molecule has 2 aromatic carbocycles. The summed E-state index contributed by atoms with van der Waals surface area (Å²) in [7, 11) is 1.69. The highest BCUT2D eigenvalue weighted by Crippen LogP contribution is 2.33. The van der Waals surface area contributed by atoms with Gasteiger partial charge in [0.2, 0.25) is 5.95 Å². The number of benzene rings is 2. The summed E-state index contributed by atoms with van der Waals surface area (Å²) in [5.74, 6) is 0.649. The number of ketones is 1. The van der Waals surface area contributed by atoms with Crippen molar-refractivity contribution in [2.24, 2.45) is 15.9 Å². The van der Waals surface area contributed by atoms with Crippen LogP contribution in [-0.2, 0) is 16.1 Å². The van der Waals surface area contributed by atoms with E-state index in [9.17, 15) is 14.4 Å². The summed E-state index contributed by atoms with van der Waals surface area (Å²) < 4.78 is 0. The number of nitrogens with zero attached hydrogens (tertiary/aromatic N) is 6. The van der Waals surface area contributed by atoms with Crippen molar-refractivity contribution in [3.8, 4) is 0 Å². The van der Waals surface area contributed by atoms with E-state index in [-0.39, 0.29) is 36.6 Å². The van der Waals surface area contributed by atoms with Gasteiger partial charge in [-0.3, -0.25) is 29.4 Å². The predicted molar refractivity (Wildman–Crippen MR) is 208 cm³/mol. The lowest BCUT2D eigenvalue weighted by molar-refractivity contribution is -0.120. The maximum Gasteiger partial charge on any atom is 0.330 e. The predicted octanol–water partition coefficient (Wildman–Crippen LogP) is 7.72.